The number of hydrogen-bond donors (Lipinski definition) is 0. The molecule has 0 radical (unpaired) electrons. The molecule has 0 aromatic rings. The summed E-state index contributed by atoms with van der Waals surface area (Å²) in [5, 5.41) is 0. The van der Waals surface area contributed by atoms with Crippen LogP contribution in [0.1, 0.15) is 169 Å². The van der Waals surface area contributed by atoms with Crippen LogP contribution in [-0.2, 0) is 0 Å². The third-order valence-corrected chi connectivity index (χ3v) is 7.22. The Labute approximate surface area is 193 Å². The van der Waals surface area contributed by atoms with Gasteiger partial charge in [0.15, 0.2) is 0 Å². The monoisotopic (exact) mass is 420 g/mol. The van der Waals surface area contributed by atoms with Crippen LogP contribution >= 0.6 is 0 Å². The normalized spacial score (nSPS) is 13.9. The van der Waals surface area contributed by atoms with Crippen molar-refractivity contribution in [2.75, 3.05) is 0 Å². The number of hydrogen-bond acceptors (Lipinski definition) is 0. The van der Waals surface area contributed by atoms with Gasteiger partial charge in [-0.2, -0.15) is 0 Å². The lowest BCUT2D eigenvalue weighted by Crippen LogP contribution is -1.98. The number of unbranched alkanes of at least 4 members (excludes halogenated alkanes) is 12. The molecule has 0 aromatic heterocycles. The highest BCUT2D eigenvalue weighted by molar-refractivity contribution is 4.81. The fourth-order valence-corrected chi connectivity index (χ4v) is 4.78. The summed E-state index contributed by atoms with van der Waals surface area (Å²) in [5.41, 5.74) is 0. The van der Waals surface area contributed by atoms with Crippen molar-refractivity contribution < 1.29 is 0 Å². The van der Waals surface area contributed by atoms with Crippen LogP contribution in [0, 0.1) is 11.8 Å². The van der Waals surface area contributed by atoms with Gasteiger partial charge in [-0.3, -0.25) is 0 Å². The van der Waals surface area contributed by atoms with Crippen molar-refractivity contribution in [2.45, 2.75) is 169 Å². The van der Waals surface area contributed by atoms with Crippen LogP contribution in [0.15, 0.2) is 12.2 Å². The van der Waals surface area contributed by atoms with E-state index >= 15 is 0 Å². The first kappa shape index (κ1) is 29.7. The number of rotatable bonds is 24. The maximum Gasteiger partial charge on any atom is -0.0351 e. The van der Waals surface area contributed by atoms with Crippen molar-refractivity contribution in [3.05, 3.63) is 12.2 Å². The molecule has 0 fully saturated rings. The lowest BCUT2D eigenvalue weighted by Gasteiger charge is -2.13. The predicted octanol–water partition coefficient (Wildman–Crippen LogP) is 11.4. The second-order valence-electron chi connectivity index (χ2n) is 9.99. The Balaban J connectivity index is 3.32. The number of allylic oxidation sites excluding steroid dienone is 2. The molecule has 180 valence electrons. The van der Waals surface area contributed by atoms with Gasteiger partial charge in [-0.1, -0.05) is 155 Å². The first-order valence-electron chi connectivity index (χ1n) is 14.4. The highest BCUT2D eigenvalue weighted by atomic mass is 14.1. The standard InChI is InChI=1S/C30H60/c1-5-9-25-29(7-3)27-23-21-19-17-15-13-11-12-14-16-18-20-22-24-28-30(8-4)26-10-6-2/h13,15,29-30H,5-12,14,16-28H2,1-4H3/b15-13+. The maximum absolute atomic E-state index is 2.46. The van der Waals surface area contributed by atoms with Gasteiger partial charge in [0.05, 0.1) is 0 Å². The molecule has 2 unspecified atom stereocenters. The molecule has 0 rings (SSSR count). The minimum absolute atomic E-state index is 1.000. The second-order valence-corrected chi connectivity index (χ2v) is 9.99. The molecule has 0 saturated carbocycles. The van der Waals surface area contributed by atoms with Gasteiger partial charge in [-0.25, -0.2) is 0 Å². The van der Waals surface area contributed by atoms with E-state index in [-0.39, 0.29) is 0 Å². The topological polar surface area (TPSA) is 0 Å². The highest BCUT2D eigenvalue weighted by Gasteiger charge is 2.05. The molecular weight excluding hydrogens is 360 g/mol. The predicted molar refractivity (Wildman–Crippen MR) is 140 cm³/mol. The summed E-state index contributed by atoms with van der Waals surface area (Å²) in [6.07, 6.45) is 36.3. The summed E-state index contributed by atoms with van der Waals surface area (Å²) < 4.78 is 0. The van der Waals surface area contributed by atoms with E-state index < -0.39 is 0 Å². The van der Waals surface area contributed by atoms with Crippen LogP contribution < -0.4 is 0 Å². The molecule has 30 heavy (non-hydrogen) atoms. The highest BCUT2D eigenvalue weighted by Crippen LogP contribution is 2.21. The molecule has 0 amide bonds. The van der Waals surface area contributed by atoms with Crippen LogP contribution in [0.5, 0.6) is 0 Å². The first-order chi connectivity index (χ1) is 14.8. The Bertz CT molecular complexity index is 329. The Morgan fingerprint density at radius 1 is 0.400 bits per heavy atom. The summed E-state index contributed by atoms with van der Waals surface area (Å²) in [7, 11) is 0. The van der Waals surface area contributed by atoms with Crippen LogP contribution in [-0.4, -0.2) is 0 Å². The van der Waals surface area contributed by atoms with Crippen molar-refractivity contribution in [3.63, 3.8) is 0 Å². The van der Waals surface area contributed by atoms with Gasteiger partial charge in [0.1, 0.15) is 0 Å². The zero-order valence-electron chi connectivity index (χ0n) is 21.9. The molecule has 0 aliphatic carbocycles. The molecule has 0 heteroatoms. The van der Waals surface area contributed by atoms with Crippen molar-refractivity contribution in [1.82, 2.24) is 0 Å². The first-order valence-corrected chi connectivity index (χ1v) is 14.4. The molecule has 0 heterocycles. The molecule has 0 aliphatic rings. The van der Waals surface area contributed by atoms with Gasteiger partial charge in [0.2, 0.25) is 0 Å². The van der Waals surface area contributed by atoms with Gasteiger partial charge in [0, 0.05) is 0 Å². The smallest absolute Gasteiger partial charge is 0.0351 e. The van der Waals surface area contributed by atoms with Gasteiger partial charge >= 0.3 is 0 Å². The molecule has 0 bridgehead atoms. The van der Waals surface area contributed by atoms with E-state index in [1.54, 1.807) is 0 Å². The van der Waals surface area contributed by atoms with Crippen LogP contribution in [0.25, 0.3) is 0 Å². The SMILES string of the molecule is CCCCC(CC)CCCCC/C=C/CCCCCCCCCC(CC)CCCC. The molecule has 0 spiro atoms. The van der Waals surface area contributed by atoms with E-state index in [4.69, 9.17) is 0 Å². The van der Waals surface area contributed by atoms with Crippen molar-refractivity contribution in [2.24, 2.45) is 11.8 Å². The van der Waals surface area contributed by atoms with E-state index in [2.05, 4.69) is 39.8 Å². The van der Waals surface area contributed by atoms with E-state index in [0.29, 0.717) is 0 Å². The third kappa shape index (κ3) is 21.0. The van der Waals surface area contributed by atoms with E-state index in [1.807, 2.05) is 0 Å². The lowest BCUT2D eigenvalue weighted by molar-refractivity contribution is 0.399. The Kier molecular flexibility index (Phi) is 24.8. The third-order valence-electron chi connectivity index (χ3n) is 7.22. The molecule has 0 nitrogen and oxygen atoms in total. The minimum Gasteiger partial charge on any atom is -0.0885 e. The van der Waals surface area contributed by atoms with Gasteiger partial charge < -0.3 is 0 Å². The lowest BCUT2D eigenvalue weighted by atomic mass is 9.93. The fourth-order valence-electron chi connectivity index (χ4n) is 4.78. The van der Waals surface area contributed by atoms with E-state index in [1.165, 1.54) is 141 Å². The van der Waals surface area contributed by atoms with Gasteiger partial charge in [0.25, 0.3) is 0 Å². The van der Waals surface area contributed by atoms with Crippen molar-refractivity contribution in [1.29, 1.82) is 0 Å². The van der Waals surface area contributed by atoms with E-state index in [9.17, 15) is 0 Å². The summed E-state index contributed by atoms with van der Waals surface area (Å²) in [4.78, 5) is 0. The summed E-state index contributed by atoms with van der Waals surface area (Å²) in [6, 6.07) is 0. The maximum atomic E-state index is 2.46. The quantitative estimate of drug-likeness (QED) is 0.107. The van der Waals surface area contributed by atoms with Crippen molar-refractivity contribution >= 4 is 0 Å². The average molecular weight is 421 g/mol. The minimum atomic E-state index is 1.000. The van der Waals surface area contributed by atoms with Gasteiger partial charge in [-0.15, -0.1) is 0 Å². The summed E-state index contributed by atoms with van der Waals surface area (Å²) >= 11 is 0. The molecule has 0 N–H and O–H groups in total. The zero-order chi connectivity index (χ0) is 22.1. The molecular formula is C30H60. The zero-order valence-corrected chi connectivity index (χ0v) is 21.9. The van der Waals surface area contributed by atoms with E-state index in [0.717, 1.165) is 11.8 Å². The average Bonchev–Trinajstić information content (AvgIpc) is 2.77. The van der Waals surface area contributed by atoms with Crippen LogP contribution in [0.2, 0.25) is 0 Å². The van der Waals surface area contributed by atoms with Crippen molar-refractivity contribution in [3.8, 4) is 0 Å². The Morgan fingerprint density at radius 2 is 0.733 bits per heavy atom. The summed E-state index contributed by atoms with van der Waals surface area (Å²) in [5.74, 6) is 2.01. The van der Waals surface area contributed by atoms with Gasteiger partial charge in [-0.05, 0) is 37.5 Å². The fraction of sp³-hybridized carbons (Fsp3) is 0.933. The molecule has 0 aliphatic heterocycles. The van der Waals surface area contributed by atoms with Crippen LogP contribution in [0.4, 0.5) is 0 Å². The summed E-state index contributed by atoms with van der Waals surface area (Å²) in [6.45, 7) is 9.39. The van der Waals surface area contributed by atoms with Crippen LogP contribution in [0.3, 0.4) is 0 Å². The largest absolute Gasteiger partial charge is 0.0885 e. The Morgan fingerprint density at radius 3 is 1.13 bits per heavy atom. The Hall–Kier alpha value is -0.260. The molecule has 0 saturated heterocycles. The second kappa shape index (κ2) is 25.0. The molecule has 2 atom stereocenters. The molecule has 0 aromatic carbocycles.